The minimum Gasteiger partial charge on any atom is -0.372 e. The van der Waals surface area contributed by atoms with Crippen molar-refractivity contribution in [3.63, 3.8) is 0 Å². The summed E-state index contributed by atoms with van der Waals surface area (Å²) in [6, 6.07) is 7.61. The molecule has 0 spiro atoms. The van der Waals surface area contributed by atoms with Gasteiger partial charge in [0.05, 0.1) is 22.9 Å². The van der Waals surface area contributed by atoms with Crippen LogP contribution in [0.2, 0.25) is 0 Å². The number of anilines is 1. The molecule has 1 aliphatic heterocycles. The van der Waals surface area contributed by atoms with E-state index < -0.39 is 4.92 Å². The molecule has 9 heteroatoms. The fraction of sp³-hybridized carbons (Fsp3) is 0.389. The standard InChI is InChI=1S/C18H20N4O4S/c1-12-8-21(9-13(2)26-12)17-7-18(20-11-19-17)27-10-16(23)14-4-3-5-15(6-14)22(24)25/h3-7,11-13H,8-10H2,1-2H3. The van der Waals surface area contributed by atoms with Gasteiger partial charge in [-0.1, -0.05) is 23.9 Å². The molecular formula is C18H20N4O4S. The van der Waals surface area contributed by atoms with Gasteiger partial charge in [0.15, 0.2) is 5.78 Å². The number of ether oxygens (including phenoxy) is 1. The number of ketones is 1. The van der Waals surface area contributed by atoms with E-state index in [0.717, 1.165) is 18.9 Å². The van der Waals surface area contributed by atoms with Crippen molar-refractivity contribution in [3.05, 3.63) is 52.3 Å². The molecule has 27 heavy (non-hydrogen) atoms. The second-order valence-electron chi connectivity index (χ2n) is 6.40. The summed E-state index contributed by atoms with van der Waals surface area (Å²) in [6.45, 7) is 5.55. The van der Waals surface area contributed by atoms with Crippen LogP contribution in [-0.4, -0.2) is 51.7 Å². The highest BCUT2D eigenvalue weighted by molar-refractivity contribution is 7.99. The van der Waals surface area contributed by atoms with Gasteiger partial charge in [0, 0.05) is 36.9 Å². The van der Waals surface area contributed by atoms with Gasteiger partial charge in [-0.2, -0.15) is 0 Å². The maximum atomic E-state index is 12.4. The Morgan fingerprint density at radius 2 is 2.04 bits per heavy atom. The molecule has 1 saturated heterocycles. The highest BCUT2D eigenvalue weighted by Gasteiger charge is 2.23. The van der Waals surface area contributed by atoms with E-state index in [0.29, 0.717) is 10.6 Å². The lowest BCUT2D eigenvalue weighted by atomic mass is 10.1. The fourth-order valence-electron chi connectivity index (χ4n) is 2.96. The molecule has 0 amide bonds. The number of benzene rings is 1. The second kappa shape index (κ2) is 8.45. The van der Waals surface area contributed by atoms with Crippen molar-refractivity contribution >= 4 is 29.1 Å². The first-order chi connectivity index (χ1) is 12.9. The molecular weight excluding hydrogens is 368 g/mol. The summed E-state index contributed by atoms with van der Waals surface area (Å²) < 4.78 is 5.74. The van der Waals surface area contributed by atoms with E-state index in [9.17, 15) is 14.9 Å². The molecule has 0 bridgehead atoms. The zero-order valence-corrected chi connectivity index (χ0v) is 15.9. The summed E-state index contributed by atoms with van der Waals surface area (Å²) in [5.41, 5.74) is 0.229. The lowest BCUT2D eigenvalue weighted by Gasteiger charge is -2.36. The van der Waals surface area contributed by atoms with Crippen molar-refractivity contribution in [3.8, 4) is 0 Å². The van der Waals surface area contributed by atoms with E-state index >= 15 is 0 Å². The maximum Gasteiger partial charge on any atom is 0.270 e. The van der Waals surface area contributed by atoms with Crippen molar-refractivity contribution in [2.24, 2.45) is 0 Å². The zero-order chi connectivity index (χ0) is 19.4. The number of nitrogens with zero attached hydrogens (tertiary/aromatic N) is 4. The van der Waals surface area contributed by atoms with E-state index in [4.69, 9.17) is 4.74 Å². The van der Waals surface area contributed by atoms with E-state index in [1.807, 2.05) is 19.9 Å². The molecule has 0 saturated carbocycles. The predicted molar refractivity (Wildman–Crippen MR) is 102 cm³/mol. The average Bonchev–Trinajstić information content (AvgIpc) is 2.65. The Labute approximate surface area is 161 Å². The highest BCUT2D eigenvalue weighted by atomic mass is 32.2. The third-order valence-electron chi connectivity index (χ3n) is 4.10. The topological polar surface area (TPSA) is 98.5 Å². The van der Waals surface area contributed by atoms with Gasteiger partial charge in [-0.25, -0.2) is 9.97 Å². The first-order valence-electron chi connectivity index (χ1n) is 8.55. The number of carbonyl (C=O) groups is 1. The van der Waals surface area contributed by atoms with Crippen molar-refractivity contribution < 1.29 is 14.5 Å². The summed E-state index contributed by atoms with van der Waals surface area (Å²) in [5.74, 6) is 0.767. The van der Waals surface area contributed by atoms with Gasteiger partial charge in [-0.05, 0) is 13.8 Å². The van der Waals surface area contributed by atoms with Crippen LogP contribution in [0, 0.1) is 10.1 Å². The average molecular weight is 388 g/mol. The lowest BCUT2D eigenvalue weighted by molar-refractivity contribution is -0.384. The number of nitro benzene ring substituents is 1. The van der Waals surface area contributed by atoms with Crippen LogP contribution in [-0.2, 0) is 4.74 Å². The fourth-order valence-corrected chi connectivity index (χ4v) is 3.72. The van der Waals surface area contributed by atoms with Gasteiger partial charge in [-0.15, -0.1) is 0 Å². The van der Waals surface area contributed by atoms with Gasteiger partial charge in [0.25, 0.3) is 5.69 Å². The summed E-state index contributed by atoms with van der Waals surface area (Å²) in [4.78, 5) is 33.4. The van der Waals surface area contributed by atoms with Crippen molar-refractivity contribution in [1.82, 2.24) is 9.97 Å². The first kappa shape index (κ1) is 19.2. The largest absolute Gasteiger partial charge is 0.372 e. The molecule has 2 atom stereocenters. The molecule has 8 nitrogen and oxygen atoms in total. The third kappa shape index (κ3) is 5.01. The monoisotopic (exact) mass is 388 g/mol. The van der Waals surface area contributed by atoms with Crippen LogP contribution >= 0.6 is 11.8 Å². The van der Waals surface area contributed by atoms with Crippen molar-refractivity contribution in [2.75, 3.05) is 23.7 Å². The quantitative estimate of drug-likeness (QED) is 0.245. The van der Waals surface area contributed by atoms with Gasteiger partial charge in [0.1, 0.15) is 17.2 Å². The molecule has 0 aliphatic carbocycles. The molecule has 1 fully saturated rings. The van der Waals surface area contributed by atoms with Gasteiger partial charge in [0.2, 0.25) is 0 Å². The highest BCUT2D eigenvalue weighted by Crippen LogP contribution is 2.24. The van der Waals surface area contributed by atoms with Gasteiger partial charge in [-0.3, -0.25) is 14.9 Å². The SMILES string of the molecule is CC1CN(c2cc(SCC(=O)c3cccc([N+](=O)[O-])c3)ncn2)CC(C)O1. The number of nitro groups is 1. The Hall–Kier alpha value is -2.52. The molecule has 142 valence electrons. The van der Waals surface area contributed by atoms with Crippen LogP contribution in [0.3, 0.4) is 0 Å². The van der Waals surface area contributed by atoms with Crippen LogP contribution in [0.1, 0.15) is 24.2 Å². The zero-order valence-electron chi connectivity index (χ0n) is 15.1. The summed E-state index contributed by atoms with van der Waals surface area (Å²) in [6.07, 6.45) is 1.73. The minimum absolute atomic E-state index is 0.0919. The number of Topliss-reactive ketones (excluding diaryl/α,β-unsaturated/α-hetero) is 1. The molecule has 1 aromatic heterocycles. The van der Waals surface area contributed by atoms with E-state index in [-0.39, 0.29) is 29.4 Å². The third-order valence-corrected chi connectivity index (χ3v) is 5.03. The van der Waals surface area contributed by atoms with E-state index in [1.165, 1.54) is 36.3 Å². The maximum absolute atomic E-state index is 12.4. The number of hydrogen-bond acceptors (Lipinski definition) is 8. The molecule has 1 aliphatic rings. The van der Waals surface area contributed by atoms with Crippen molar-refractivity contribution in [1.29, 1.82) is 0 Å². The Kier molecular flexibility index (Phi) is 6.02. The van der Waals surface area contributed by atoms with Crippen LogP contribution in [0.4, 0.5) is 11.5 Å². The molecule has 1 aromatic carbocycles. The Morgan fingerprint density at radius 1 is 1.30 bits per heavy atom. The number of thioether (sulfide) groups is 1. The molecule has 2 unspecified atom stereocenters. The minimum atomic E-state index is -0.509. The molecule has 0 radical (unpaired) electrons. The molecule has 0 N–H and O–H groups in total. The van der Waals surface area contributed by atoms with E-state index in [1.54, 1.807) is 6.07 Å². The number of morpholine rings is 1. The normalized spacial score (nSPS) is 19.7. The van der Waals surface area contributed by atoms with Crippen LogP contribution in [0.15, 0.2) is 41.7 Å². The number of carbonyl (C=O) groups excluding carboxylic acids is 1. The van der Waals surface area contributed by atoms with E-state index in [2.05, 4.69) is 14.9 Å². The van der Waals surface area contributed by atoms with Crippen LogP contribution in [0.25, 0.3) is 0 Å². The Morgan fingerprint density at radius 3 is 2.74 bits per heavy atom. The molecule has 2 aromatic rings. The number of aromatic nitrogens is 2. The number of non-ortho nitro benzene ring substituents is 1. The smallest absolute Gasteiger partial charge is 0.270 e. The summed E-state index contributed by atoms with van der Waals surface area (Å²) in [5, 5.41) is 11.5. The number of hydrogen-bond donors (Lipinski definition) is 0. The van der Waals surface area contributed by atoms with Gasteiger partial charge >= 0.3 is 0 Å². The lowest BCUT2D eigenvalue weighted by Crippen LogP contribution is -2.45. The number of rotatable bonds is 6. The van der Waals surface area contributed by atoms with Gasteiger partial charge < -0.3 is 9.64 Å². The Bertz CT molecular complexity index is 838. The van der Waals surface area contributed by atoms with Crippen LogP contribution in [0.5, 0.6) is 0 Å². The summed E-state index contributed by atoms with van der Waals surface area (Å²) in [7, 11) is 0. The molecule has 3 rings (SSSR count). The van der Waals surface area contributed by atoms with Crippen molar-refractivity contribution in [2.45, 2.75) is 31.1 Å². The van der Waals surface area contributed by atoms with Crippen LogP contribution < -0.4 is 4.90 Å². The predicted octanol–water partition coefficient (Wildman–Crippen LogP) is 2.97. The Balaban J connectivity index is 1.65. The first-order valence-corrected chi connectivity index (χ1v) is 9.54. The summed E-state index contributed by atoms with van der Waals surface area (Å²) >= 11 is 1.29. The second-order valence-corrected chi connectivity index (χ2v) is 7.39. The molecule has 2 heterocycles.